The molecule has 0 aliphatic rings. The predicted octanol–water partition coefficient (Wildman–Crippen LogP) is 4.44. The summed E-state index contributed by atoms with van der Waals surface area (Å²) < 4.78 is 5.87. The molecule has 0 aliphatic heterocycles. The maximum atomic E-state index is 12.2. The molecule has 0 saturated heterocycles. The summed E-state index contributed by atoms with van der Waals surface area (Å²) in [6.07, 6.45) is 1.58. The highest BCUT2D eigenvalue weighted by molar-refractivity contribution is 9.10. The highest BCUT2D eigenvalue weighted by Crippen LogP contribution is 2.26. The van der Waals surface area contributed by atoms with Crippen molar-refractivity contribution in [2.45, 2.75) is 13.8 Å². The van der Waals surface area contributed by atoms with E-state index in [1.807, 2.05) is 25.1 Å². The molecular weight excluding hydrogens is 372 g/mol. The van der Waals surface area contributed by atoms with Gasteiger partial charge in [-0.05, 0) is 59.6 Å². The van der Waals surface area contributed by atoms with Gasteiger partial charge in [0, 0.05) is 22.4 Å². The first-order valence-corrected chi connectivity index (χ1v) is 8.04. The van der Waals surface area contributed by atoms with Gasteiger partial charge in [-0.15, -0.1) is 0 Å². The number of amides is 1. The van der Waals surface area contributed by atoms with Crippen molar-refractivity contribution in [3.8, 4) is 0 Å². The third kappa shape index (κ3) is 3.80. The fraction of sp³-hybridized carbons (Fsp3) is 0.118. The second kappa shape index (κ2) is 6.84. The lowest BCUT2D eigenvalue weighted by Crippen LogP contribution is -2.14. The lowest BCUT2D eigenvalue weighted by molar-refractivity contribution is 0.102. The summed E-state index contributed by atoms with van der Waals surface area (Å²) in [5.41, 5.74) is 3.11. The van der Waals surface area contributed by atoms with Crippen molar-refractivity contribution in [2.24, 2.45) is 0 Å². The number of aryl methyl sites for hydroxylation is 2. The van der Waals surface area contributed by atoms with Gasteiger partial charge in [-0.2, -0.15) is 0 Å². The summed E-state index contributed by atoms with van der Waals surface area (Å²) in [6.45, 7) is 3.78. The summed E-state index contributed by atoms with van der Waals surface area (Å²) >= 11 is 3.52. The molecule has 7 heteroatoms. The summed E-state index contributed by atoms with van der Waals surface area (Å²) in [6, 6.07) is 11.1. The summed E-state index contributed by atoms with van der Waals surface area (Å²) in [5.74, 6) is 0.631. The van der Waals surface area contributed by atoms with Crippen LogP contribution in [0.4, 0.5) is 17.2 Å². The van der Waals surface area contributed by atoms with Crippen LogP contribution in [0.2, 0.25) is 0 Å². The van der Waals surface area contributed by atoms with Crippen molar-refractivity contribution < 1.29 is 9.32 Å². The Bertz CT molecular complexity index is 892. The minimum Gasteiger partial charge on any atom is -0.360 e. The zero-order valence-corrected chi connectivity index (χ0v) is 14.7. The highest BCUT2D eigenvalue weighted by atomic mass is 79.9. The molecule has 0 spiro atoms. The highest BCUT2D eigenvalue weighted by Gasteiger charge is 2.11. The Morgan fingerprint density at radius 1 is 1.17 bits per heavy atom. The van der Waals surface area contributed by atoms with E-state index in [0.29, 0.717) is 11.6 Å². The summed E-state index contributed by atoms with van der Waals surface area (Å²) in [7, 11) is 0. The molecule has 122 valence electrons. The molecular formula is C17H15BrN4O2. The third-order valence-electron chi connectivity index (χ3n) is 3.27. The van der Waals surface area contributed by atoms with Gasteiger partial charge in [0.05, 0.1) is 5.69 Å². The Hall–Kier alpha value is -2.67. The number of pyridine rings is 1. The smallest absolute Gasteiger partial charge is 0.275 e. The number of halogens is 1. The van der Waals surface area contributed by atoms with Crippen LogP contribution in [0, 0.1) is 13.8 Å². The number of nitrogens with zero attached hydrogens (tertiary/aromatic N) is 2. The molecule has 0 saturated carbocycles. The quantitative estimate of drug-likeness (QED) is 0.692. The molecule has 24 heavy (non-hydrogen) atoms. The minimum absolute atomic E-state index is 0.281. The van der Waals surface area contributed by atoms with Crippen molar-refractivity contribution in [3.05, 3.63) is 64.1 Å². The Labute approximate surface area is 147 Å². The number of rotatable bonds is 4. The number of carbonyl (C=O) groups excluding carboxylic acids is 1. The molecule has 0 fully saturated rings. The Morgan fingerprint density at radius 3 is 2.71 bits per heavy atom. The summed E-state index contributed by atoms with van der Waals surface area (Å²) in [4.78, 5) is 16.3. The van der Waals surface area contributed by atoms with E-state index in [1.54, 1.807) is 31.3 Å². The third-order valence-corrected chi connectivity index (χ3v) is 3.92. The molecule has 1 aromatic carbocycles. The SMILES string of the molecule is Cc1ccc(Nc2ccnc(C(=O)Nc3cc(C)on3)c2)c(Br)c1. The maximum Gasteiger partial charge on any atom is 0.275 e. The molecule has 2 N–H and O–H groups in total. The number of hydrogen-bond donors (Lipinski definition) is 2. The van der Waals surface area contributed by atoms with Crippen LogP contribution in [0.3, 0.4) is 0 Å². The first-order valence-electron chi connectivity index (χ1n) is 7.25. The van der Waals surface area contributed by atoms with Crippen LogP contribution in [0.25, 0.3) is 0 Å². The van der Waals surface area contributed by atoms with Crippen molar-refractivity contribution >= 4 is 39.0 Å². The van der Waals surface area contributed by atoms with Crippen molar-refractivity contribution in [1.29, 1.82) is 0 Å². The van der Waals surface area contributed by atoms with Crippen molar-refractivity contribution in [1.82, 2.24) is 10.1 Å². The monoisotopic (exact) mass is 386 g/mol. The number of nitrogens with one attached hydrogen (secondary N) is 2. The molecule has 0 unspecified atom stereocenters. The topological polar surface area (TPSA) is 80.0 Å². The molecule has 1 amide bonds. The van der Waals surface area contributed by atoms with Crippen LogP contribution < -0.4 is 10.6 Å². The average Bonchev–Trinajstić information content (AvgIpc) is 2.95. The Kier molecular flexibility index (Phi) is 4.61. The van der Waals surface area contributed by atoms with E-state index >= 15 is 0 Å². The largest absolute Gasteiger partial charge is 0.360 e. The molecule has 6 nitrogen and oxygen atoms in total. The number of carbonyl (C=O) groups is 1. The minimum atomic E-state index is -0.352. The van der Waals surface area contributed by atoms with Gasteiger partial charge in [0.2, 0.25) is 0 Å². The van der Waals surface area contributed by atoms with Crippen molar-refractivity contribution in [3.63, 3.8) is 0 Å². The van der Waals surface area contributed by atoms with Gasteiger partial charge in [0.15, 0.2) is 5.82 Å². The molecule has 0 bridgehead atoms. The van der Waals surface area contributed by atoms with Gasteiger partial charge >= 0.3 is 0 Å². The molecule has 0 atom stereocenters. The molecule has 2 heterocycles. The first kappa shape index (κ1) is 16.2. The zero-order valence-electron chi connectivity index (χ0n) is 13.1. The van der Waals surface area contributed by atoms with Gasteiger partial charge in [-0.25, -0.2) is 0 Å². The number of aromatic nitrogens is 2. The lowest BCUT2D eigenvalue weighted by atomic mass is 10.2. The standard InChI is InChI=1S/C17H15BrN4O2/c1-10-3-4-14(13(18)7-10)20-12-5-6-19-15(9-12)17(23)21-16-8-11(2)24-22-16/h3-9H,1-2H3,(H,19,20)(H,21,22,23). The van der Waals surface area contributed by atoms with E-state index in [-0.39, 0.29) is 11.6 Å². The Balaban J connectivity index is 1.77. The van der Waals surface area contributed by atoms with Crippen LogP contribution in [0.1, 0.15) is 21.8 Å². The second-order valence-electron chi connectivity index (χ2n) is 5.31. The Morgan fingerprint density at radius 2 is 2.00 bits per heavy atom. The van der Waals surface area contributed by atoms with Gasteiger partial charge in [-0.3, -0.25) is 9.78 Å². The normalized spacial score (nSPS) is 10.5. The van der Waals surface area contributed by atoms with Crippen LogP contribution in [0.15, 0.2) is 51.6 Å². The average molecular weight is 387 g/mol. The van der Waals surface area contributed by atoms with E-state index in [0.717, 1.165) is 21.4 Å². The number of anilines is 3. The van der Waals surface area contributed by atoms with Gasteiger partial charge < -0.3 is 15.2 Å². The number of benzene rings is 1. The van der Waals surface area contributed by atoms with Gasteiger partial charge in [-0.1, -0.05) is 11.2 Å². The van der Waals surface area contributed by atoms with Crippen LogP contribution in [-0.2, 0) is 0 Å². The second-order valence-corrected chi connectivity index (χ2v) is 6.17. The van der Waals surface area contributed by atoms with Gasteiger partial charge in [0.1, 0.15) is 11.5 Å². The molecule has 3 rings (SSSR count). The molecule has 0 radical (unpaired) electrons. The zero-order chi connectivity index (χ0) is 17.1. The van der Waals surface area contributed by atoms with E-state index in [4.69, 9.17) is 4.52 Å². The fourth-order valence-electron chi connectivity index (χ4n) is 2.12. The van der Waals surface area contributed by atoms with Crippen LogP contribution >= 0.6 is 15.9 Å². The first-order chi connectivity index (χ1) is 11.5. The van der Waals surface area contributed by atoms with E-state index < -0.39 is 0 Å². The van der Waals surface area contributed by atoms with E-state index in [1.165, 1.54) is 0 Å². The predicted molar refractivity (Wildman–Crippen MR) is 95.6 cm³/mol. The fourth-order valence-corrected chi connectivity index (χ4v) is 2.71. The lowest BCUT2D eigenvalue weighted by Gasteiger charge is -2.10. The van der Waals surface area contributed by atoms with Crippen LogP contribution in [0.5, 0.6) is 0 Å². The van der Waals surface area contributed by atoms with Crippen LogP contribution in [-0.4, -0.2) is 16.0 Å². The van der Waals surface area contributed by atoms with E-state index in [2.05, 4.69) is 36.7 Å². The van der Waals surface area contributed by atoms with E-state index in [9.17, 15) is 4.79 Å². The maximum absolute atomic E-state index is 12.2. The van der Waals surface area contributed by atoms with Crippen molar-refractivity contribution in [2.75, 3.05) is 10.6 Å². The van der Waals surface area contributed by atoms with Gasteiger partial charge in [0.25, 0.3) is 5.91 Å². The molecule has 0 aliphatic carbocycles. The number of hydrogen-bond acceptors (Lipinski definition) is 5. The molecule has 3 aromatic rings. The summed E-state index contributed by atoms with van der Waals surface area (Å²) in [5, 5.41) is 9.64. The molecule has 2 aromatic heterocycles.